The highest BCUT2D eigenvalue weighted by atomic mass is 16.1. The number of piperidine rings is 1. The van der Waals surface area contributed by atoms with Crippen LogP contribution in [0.1, 0.15) is 43.7 Å². The highest BCUT2D eigenvalue weighted by Gasteiger charge is 2.22. The summed E-state index contributed by atoms with van der Waals surface area (Å²) in [6.07, 6.45) is 5.37. The number of aryl methyl sites for hydroxylation is 2. The Bertz CT molecular complexity index is 807. The van der Waals surface area contributed by atoms with Gasteiger partial charge in [-0.1, -0.05) is 17.7 Å². The summed E-state index contributed by atoms with van der Waals surface area (Å²) in [6, 6.07) is 8.13. The summed E-state index contributed by atoms with van der Waals surface area (Å²) in [7, 11) is 0. The van der Waals surface area contributed by atoms with Crippen molar-refractivity contribution in [1.29, 1.82) is 0 Å². The topological polar surface area (TPSA) is 70.2 Å². The van der Waals surface area contributed by atoms with Gasteiger partial charge in [0.1, 0.15) is 18.0 Å². The molecule has 1 aromatic carbocycles. The van der Waals surface area contributed by atoms with Gasteiger partial charge in [-0.3, -0.25) is 4.79 Å². The predicted molar refractivity (Wildman–Crippen MR) is 115 cm³/mol. The zero-order chi connectivity index (χ0) is 19.9. The van der Waals surface area contributed by atoms with E-state index in [9.17, 15) is 4.79 Å². The first kappa shape index (κ1) is 20.1. The number of rotatable bonds is 7. The number of aromatic nitrogens is 2. The zero-order valence-corrected chi connectivity index (χ0v) is 17.2. The van der Waals surface area contributed by atoms with Crippen LogP contribution >= 0.6 is 0 Å². The number of amides is 1. The highest BCUT2D eigenvalue weighted by Crippen LogP contribution is 2.26. The molecule has 1 aliphatic rings. The molecule has 2 N–H and O–H groups in total. The SMILES string of the molecule is CCNc1cc(N2CCC[C@H](CCC(=O)Nc3ccc(C)cc3C)C2)ncn1. The Morgan fingerprint density at radius 2 is 2.11 bits per heavy atom. The van der Waals surface area contributed by atoms with Crippen LogP contribution in [0.4, 0.5) is 17.3 Å². The van der Waals surface area contributed by atoms with Crippen molar-refractivity contribution in [3.05, 3.63) is 41.7 Å². The van der Waals surface area contributed by atoms with Gasteiger partial charge in [0.05, 0.1) is 0 Å². The van der Waals surface area contributed by atoms with Gasteiger partial charge in [0.2, 0.25) is 5.91 Å². The van der Waals surface area contributed by atoms with E-state index in [1.807, 2.05) is 25.1 Å². The van der Waals surface area contributed by atoms with Gasteiger partial charge in [-0.25, -0.2) is 9.97 Å². The van der Waals surface area contributed by atoms with Gasteiger partial charge in [-0.2, -0.15) is 0 Å². The van der Waals surface area contributed by atoms with Gasteiger partial charge >= 0.3 is 0 Å². The molecule has 0 spiro atoms. The first-order chi connectivity index (χ1) is 13.5. The first-order valence-electron chi connectivity index (χ1n) is 10.2. The van der Waals surface area contributed by atoms with Gasteiger partial charge < -0.3 is 15.5 Å². The number of nitrogens with zero attached hydrogens (tertiary/aromatic N) is 3. The summed E-state index contributed by atoms with van der Waals surface area (Å²) in [6.45, 7) is 8.95. The summed E-state index contributed by atoms with van der Waals surface area (Å²) >= 11 is 0. The number of benzene rings is 1. The minimum absolute atomic E-state index is 0.0977. The lowest BCUT2D eigenvalue weighted by molar-refractivity contribution is -0.116. The largest absolute Gasteiger partial charge is 0.370 e. The van der Waals surface area contributed by atoms with Crippen molar-refractivity contribution >= 4 is 23.2 Å². The average Bonchev–Trinajstić information content (AvgIpc) is 2.69. The van der Waals surface area contributed by atoms with Gasteiger partial charge in [0, 0.05) is 37.8 Å². The van der Waals surface area contributed by atoms with E-state index in [0.29, 0.717) is 12.3 Å². The predicted octanol–water partition coefficient (Wildman–Crippen LogP) is 4.16. The van der Waals surface area contributed by atoms with Crippen LogP contribution in [-0.4, -0.2) is 35.5 Å². The lowest BCUT2D eigenvalue weighted by Crippen LogP contribution is -2.36. The van der Waals surface area contributed by atoms with Crippen LogP contribution in [0.5, 0.6) is 0 Å². The maximum atomic E-state index is 12.4. The molecule has 0 unspecified atom stereocenters. The first-order valence-corrected chi connectivity index (χ1v) is 10.2. The Labute approximate surface area is 167 Å². The summed E-state index contributed by atoms with van der Waals surface area (Å²) in [5, 5.41) is 6.30. The molecule has 2 heterocycles. The second kappa shape index (κ2) is 9.53. The van der Waals surface area contributed by atoms with Gasteiger partial charge in [-0.05, 0) is 57.6 Å². The van der Waals surface area contributed by atoms with E-state index in [4.69, 9.17) is 0 Å². The molecule has 0 bridgehead atoms. The van der Waals surface area contributed by atoms with Crippen LogP contribution in [0.3, 0.4) is 0 Å². The van der Waals surface area contributed by atoms with Gasteiger partial charge in [-0.15, -0.1) is 0 Å². The lowest BCUT2D eigenvalue weighted by Gasteiger charge is -2.33. The molecule has 150 valence electrons. The third-order valence-corrected chi connectivity index (χ3v) is 5.29. The third-order valence-electron chi connectivity index (χ3n) is 5.29. The summed E-state index contributed by atoms with van der Waals surface area (Å²) in [4.78, 5) is 23.4. The maximum Gasteiger partial charge on any atom is 0.224 e. The van der Waals surface area contributed by atoms with E-state index in [1.165, 1.54) is 12.0 Å². The van der Waals surface area contributed by atoms with Crippen LogP contribution in [0.15, 0.2) is 30.6 Å². The number of carbonyl (C=O) groups is 1. The molecular weight excluding hydrogens is 350 g/mol. The van der Waals surface area contributed by atoms with Crippen LogP contribution in [0, 0.1) is 19.8 Å². The van der Waals surface area contributed by atoms with Gasteiger partial charge in [0.25, 0.3) is 0 Å². The Morgan fingerprint density at radius 3 is 2.89 bits per heavy atom. The van der Waals surface area contributed by atoms with Crippen LogP contribution in [0.2, 0.25) is 0 Å². The molecule has 1 atom stereocenters. The molecule has 1 amide bonds. The molecule has 1 aromatic heterocycles. The second-order valence-corrected chi connectivity index (χ2v) is 7.65. The molecule has 6 nitrogen and oxygen atoms in total. The minimum Gasteiger partial charge on any atom is -0.370 e. The maximum absolute atomic E-state index is 12.4. The molecule has 1 fully saturated rings. The molecule has 3 rings (SSSR count). The molecule has 0 saturated carbocycles. The van der Waals surface area contributed by atoms with E-state index in [1.54, 1.807) is 6.33 Å². The smallest absolute Gasteiger partial charge is 0.224 e. The highest BCUT2D eigenvalue weighted by molar-refractivity contribution is 5.91. The fourth-order valence-electron chi connectivity index (χ4n) is 3.81. The number of nitrogens with one attached hydrogen (secondary N) is 2. The average molecular weight is 382 g/mol. The normalized spacial score (nSPS) is 16.7. The van der Waals surface area contributed by atoms with Crippen molar-refractivity contribution in [2.45, 2.75) is 46.5 Å². The van der Waals surface area contributed by atoms with Crippen molar-refractivity contribution < 1.29 is 4.79 Å². The van der Waals surface area contributed by atoms with Crippen molar-refractivity contribution in [2.75, 3.05) is 35.2 Å². The standard InChI is InChI=1S/C22H31N5O/c1-4-23-20-13-21(25-15-24-20)27-11-5-6-18(14-27)8-10-22(28)26-19-9-7-16(2)12-17(19)3/h7,9,12-13,15,18H,4-6,8,10-11,14H2,1-3H3,(H,26,28)(H,23,24,25)/t18-/m1/s1. The fourth-order valence-corrected chi connectivity index (χ4v) is 3.81. The second-order valence-electron chi connectivity index (χ2n) is 7.65. The molecule has 1 saturated heterocycles. The van der Waals surface area contributed by atoms with E-state index in [-0.39, 0.29) is 5.91 Å². The van der Waals surface area contributed by atoms with Crippen molar-refractivity contribution in [3.8, 4) is 0 Å². The Morgan fingerprint density at radius 1 is 1.25 bits per heavy atom. The van der Waals surface area contributed by atoms with Gasteiger partial charge in [0.15, 0.2) is 0 Å². The number of carbonyl (C=O) groups excluding carboxylic acids is 1. The fraction of sp³-hybridized carbons (Fsp3) is 0.500. The monoisotopic (exact) mass is 381 g/mol. The van der Waals surface area contributed by atoms with Crippen LogP contribution in [0.25, 0.3) is 0 Å². The Hall–Kier alpha value is -2.63. The van der Waals surface area contributed by atoms with E-state index < -0.39 is 0 Å². The number of hydrogen-bond acceptors (Lipinski definition) is 5. The Balaban J connectivity index is 1.52. The zero-order valence-electron chi connectivity index (χ0n) is 17.2. The number of hydrogen-bond donors (Lipinski definition) is 2. The minimum atomic E-state index is 0.0977. The van der Waals surface area contributed by atoms with Crippen LogP contribution in [-0.2, 0) is 4.79 Å². The van der Waals surface area contributed by atoms with Crippen LogP contribution < -0.4 is 15.5 Å². The summed E-state index contributed by atoms with van der Waals surface area (Å²) < 4.78 is 0. The Kier molecular flexibility index (Phi) is 6.85. The van der Waals surface area contributed by atoms with E-state index in [2.05, 4.69) is 45.4 Å². The molecule has 28 heavy (non-hydrogen) atoms. The summed E-state index contributed by atoms with van der Waals surface area (Å²) in [5.74, 6) is 2.44. The summed E-state index contributed by atoms with van der Waals surface area (Å²) in [5.41, 5.74) is 3.23. The molecule has 6 heteroatoms. The van der Waals surface area contributed by atoms with Crippen molar-refractivity contribution in [2.24, 2.45) is 5.92 Å². The van der Waals surface area contributed by atoms with E-state index in [0.717, 1.165) is 55.4 Å². The van der Waals surface area contributed by atoms with E-state index >= 15 is 0 Å². The molecule has 1 aliphatic heterocycles. The molecular formula is C22H31N5O. The third kappa shape index (κ3) is 5.44. The van der Waals surface area contributed by atoms with Crippen molar-refractivity contribution in [1.82, 2.24) is 9.97 Å². The molecule has 0 aliphatic carbocycles. The lowest BCUT2D eigenvalue weighted by atomic mass is 9.93. The quantitative estimate of drug-likeness (QED) is 0.754. The number of anilines is 3. The molecule has 2 aromatic rings. The molecule has 0 radical (unpaired) electrons. The van der Waals surface area contributed by atoms with Crippen molar-refractivity contribution in [3.63, 3.8) is 0 Å².